The second-order valence-corrected chi connectivity index (χ2v) is 3.87. The smallest absolute Gasteiger partial charge is 0.225 e. The van der Waals surface area contributed by atoms with Crippen molar-refractivity contribution < 1.29 is 4.74 Å². The topological polar surface area (TPSA) is 50.3 Å². The lowest BCUT2D eigenvalue weighted by Crippen LogP contribution is -2.44. The summed E-state index contributed by atoms with van der Waals surface area (Å²) < 4.78 is 5.32. The van der Waals surface area contributed by atoms with Gasteiger partial charge < -0.3 is 15.0 Å². The summed E-state index contributed by atoms with van der Waals surface area (Å²) in [6.45, 7) is 5.29. The average molecular weight is 206 g/mol. The maximum absolute atomic E-state index is 5.32. The number of anilines is 1. The van der Waals surface area contributed by atoms with E-state index in [-0.39, 0.29) is 0 Å². The van der Waals surface area contributed by atoms with Crippen LogP contribution in [0.2, 0.25) is 0 Å². The molecule has 0 saturated carbocycles. The molecule has 2 aliphatic heterocycles. The van der Waals surface area contributed by atoms with Crippen LogP contribution in [0.3, 0.4) is 0 Å². The van der Waals surface area contributed by atoms with Crippen molar-refractivity contribution >= 4 is 5.95 Å². The van der Waals surface area contributed by atoms with E-state index in [9.17, 15) is 0 Å². The Labute approximate surface area is 88.5 Å². The van der Waals surface area contributed by atoms with Crippen molar-refractivity contribution in [3.63, 3.8) is 0 Å². The van der Waals surface area contributed by atoms with E-state index in [0.717, 1.165) is 43.4 Å². The highest BCUT2D eigenvalue weighted by atomic mass is 16.5. The van der Waals surface area contributed by atoms with Gasteiger partial charge in [0.1, 0.15) is 0 Å². The quantitative estimate of drug-likeness (QED) is 0.696. The predicted molar refractivity (Wildman–Crippen MR) is 55.6 cm³/mol. The second-order valence-electron chi connectivity index (χ2n) is 3.87. The predicted octanol–water partition coefficient (Wildman–Crippen LogP) is -0.0836. The molecule has 3 rings (SSSR count). The summed E-state index contributed by atoms with van der Waals surface area (Å²) in [6.07, 6.45) is 1.90. The Balaban J connectivity index is 1.85. The molecule has 0 bridgehead atoms. The fourth-order valence-corrected chi connectivity index (χ4v) is 1.95. The monoisotopic (exact) mass is 206 g/mol. The molecule has 0 aromatic carbocycles. The van der Waals surface area contributed by atoms with E-state index < -0.39 is 0 Å². The maximum Gasteiger partial charge on any atom is 0.225 e. The molecule has 5 nitrogen and oxygen atoms in total. The molecule has 1 N–H and O–H groups in total. The molecule has 1 aromatic rings. The number of nitrogens with one attached hydrogen (secondary N) is 1. The molecule has 0 radical (unpaired) electrons. The summed E-state index contributed by atoms with van der Waals surface area (Å²) in [5.41, 5.74) is 2.19. The Morgan fingerprint density at radius 2 is 2.13 bits per heavy atom. The second kappa shape index (κ2) is 3.75. The van der Waals surface area contributed by atoms with Crippen LogP contribution in [0.5, 0.6) is 0 Å². The van der Waals surface area contributed by atoms with Gasteiger partial charge in [-0.05, 0) is 0 Å². The summed E-state index contributed by atoms with van der Waals surface area (Å²) in [5, 5.41) is 3.31. The molecular formula is C10H14N4O. The van der Waals surface area contributed by atoms with Crippen LogP contribution in [0.1, 0.15) is 11.3 Å². The van der Waals surface area contributed by atoms with Crippen LogP contribution in [0, 0.1) is 0 Å². The first-order valence-corrected chi connectivity index (χ1v) is 5.32. The Morgan fingerprint density at radius 1 is 1.27 bits per heavy atom. The third kappa shape index (κ3) is 1.68. The van der Waals surface area contributed by atoms with Gasteiger partial charge in [0.05, 0.1) is 18.9 Å². The van der Waals surface area contributed by atoms with Gasteiger partial charge in [0, 0.05) is 37.9 Å². The first kappa shape index (κ1) is 9.06. The molecule has 0 atom stereocenters. The summed E-state index contributed by atoms with van der Waals surface area (Å²) in [7, 11) is 0. The van der Waals surface area contributed by atoms with Crippen LogP contribution in [0.25, 0.3) is 0 Å². The number of hydrogen-bond donors (Lipinski definition) is 1. The third-order valence-electron chi connectivity index (χ3n) is 2.84. The van der Waals surface area contributed by atoms with Crippen molar-refractivity contribution in [1.82, 2.24) is 15.3 Å². The minimum Gasteiger partial charge on any atom is -0.370 e. The minimum absolute atomic E-state index is 0.636. The molecule has 80 valence electrons. The Hall–Kier alpha value is -1.20. The fraction of sp³-hybridized carbons (Fsp3) is 0.600. The lowest BCUT2D eigenvalue weighted by atomic mass is 10.3. The van der Waals surface area contributed by atoms with E-state index in [1.54, 1.807) is 0 Å². The van der Waals surface area contributed by atoms with Gasteiger partial charge in [0.2, 0.25) is 5.95 Å². The molecule has 0 amide bonds. The standard InChI is InChI=1S/C10H14N4O/c1-3-14(4-2-11-1)10-12-5-8-6-15-7-9(8)13-10/h5,11H,1-4,6-7H2. The van der Waals surface area contributed by atoms with Crippen molar-refractivity contribution in [2.75, 3.05) is 31.1 Å². The molecule has 2 aliphatic rings. The van der Waals surface area contributed by atoms with Gasteiger partial charge in [-0.3, -0.25) is 0 Å². The van der Waals surface area contributed by atoms with Gasteiger partial charge in [-0.1, -0.05) is 0 Å². The van der Waals surface area contributed by atoms with Crippen molar-refractivity contribution in [3.05, 3.63) is 17.5 Å². The van der Waals surface area contributed by atoms with Gasteiger partial charge in [-0.25, -0.2) is 9.97 Å². The van der Waals surface area contributed by atoms with E-state index in [4.69, 9.17) is 4.74 Å². The highest BCUT2D eigenvalue weighted by molar-refractivity contribution is 5.34. The van der Waals surface area contributed by atoms with Crippen molar-refractivity contribution in [2.45, 2.75) is 13.2 Å². The lowest BCUT2D eigenvalue weighted by Gasteiger charge is -2.27. The van der Waals surface area contributed by atoms with Crippen molar-refractivity contribution in [2.24, 2.45) is 0 Å². The molecule has 15 heavy (non-hydrogen) atoms. The number of rotatable bonds is 1. The van der Waals surface area contributed by atoms with E-state index in [1.807, 2.05) is 6.20 Å². The molecule has 5 heteroatoms. The molecule has 0 aliphatic carbocycles. The number of piperazine rings is 1. The highest BCUT2D eigenvalue weighted by Gasteiger charge is 2.18. The van der Waals surface area contributed by atoms with Crippen LogP contribution < -0.4 is 10.2 Å². The summed E-state index contributed by atoms with van der Waals surface area (Å²) >= 11 is 0. The zero-order valence-corrected chi connectivity index (χ0v) is 8.57. The summed E-state index contributed by atoms with van der Waals surface area (Å²) in [5.74, 6) is 0.848. The van der Waals surface area contributed by atoms with Gasteiger partial charge in [-0.2, -0.15) is 0 Å². The number of aromatic nitrogens is 2. The Bertz CT molecular complexity index is 362. The molecule has 1 aromatic heterocycles. The SMILES string of the molecule is c1nc(N2CCNCC2)nc2c1COC2. The van der Waals surface area contributed by atoms with Crippen LogP contribution in [-0.4, -0.2) is 36.1 Å². The van der Waals surface area contributed by atoms with E-state index in [2.05, 4.69) is 20.2 Å². The number of nitrogens with zero attached hydrogens (tertiary/aromatic N) is 3. The third-order valence-corrected chi connectivity index (χ3v) is 2.84. The molecule has 1 saturated heterocycles. The van der Waals surface area contributed by atoms with Crippen LogP contribution in [0.15, 0.2) is 6.20 Å². The van der Waals surface area contributed by atoms with Crippen LogP contribution in [-0.2, 0) is 18.0 Å². The van der Waals surface area contributed by atoms with Gasteiger partial charge in [0.15, 0.2) is 0 Å². The normalized spacial score (nSPS) is 20.4. The molecule has 0 spiro atoms. The van der Waals surface area contributed by atoms with Gasteiger partial charge in [-0.15, -0.1) is 0 Å². The van der Waals surface area contributed by atoms with E-state index in [1.165, 1.54) is 0 Å². The molecular weight excluding hydrogens is 192 g/mol. The molecule has 0 unspecified atom stereocenters. The number of ether oxygens (including phenoxy) is 1. The summed E-state index contributed by atoms with van der Waals surface area (Å²) in [6, 6.07) is 0. The molecule has 1 fully saturated rings. The Morgan fingerprint density at radius 3 is 3.00 bits per heavy atom. The minimum atomic E-state index is 0.636. The maximum atomic E-state index is 5.32. The average Bonchev–Trinajstić information content (AvgIpc) is 2.77. The van der Waals surface area contributed by atoms with E-state index >= 15 is 0 Å². The number of hydrogen-bond acceptors (Lipinski definition) is 5. The highest BCUT2D eigenvalue weighted by Crippen LogP contribution is 2.19. The largest absolute Gasteiger partial charge is 0.370 e. The zero-order valence-electron chi connectivity index (χ0n) is 8.57. The van der Waals surface area contributed by atoms with E-state index in [0.29, 0.717) is 13.2 Å². The van der Waals surface area contributed by atoms with Crippen LogP contribution >= 0.6 is 0 Å². The number of fused-ring (bicyclic) bond motifs is 1. The van der Waals surface area contributed by atoms with Crippen molar-refractivity contribution in [3.8, 4) is 0 Å². The first-order valence-electron chi connectivity index (χ1n) is 5.32. The summed E-state index contributed by atoms with van der Waals surface area (Å²) in [4.78, 5) is 11.1. The van der Waals surface area contributed by atoms with Gasteiger partial charge >= 0.3 is 0 Å². The van der Waals surface area contributed by atoms with Crippen molar-refractivity contribution in [1.29, 1.82) is 0 Å². The first-order chi connectivity index (χ1) is 7.43. The van der Waals surface area contributed by atoms with Crippen LogP contribution in [0.4, 0.5) is 5.95 Å². The molecule has 3 heterocycles. The fourth-order valence-electron chi connectivity index (χ4n) is 1.95. The lowest BCUT2D eigenvalue weighted by molar-refractivity contribution is 0.133. The Kier molecular flexibility index (Phi) is 2.26. The zero-order chi connectivity index (χ0) is 10.1. The van der Waals surface area contributed by atoms with Gasteiger partial charge in [0.25, 0.3) is 0 Å².